The molecule has 2 amide bonds. The molecule has 2 aromatic rings. The van der Waals surface area contributed by atoms with Gasteiger partial charge in [-0.25, -0.2) is 9.18 Å². The number of carbonyl (C=O) groups excluding carboxylic acids is 1. The minimum atomic E-state index is -4.83. The molecule has 2 saturated carbocycles. The molecule has 2 aromatic carbocycles. The molecule has 0 spiro atoms. The zero-order valence-corrected chi connectivity index (χ0v) is 21.2. The fourth-order valence-electron chi connectivity index (χ4n) is 5.80. The minimum absolute atomic E-state index is 0.0556. The third kappa shape index (κ3) is 6.63. The quantitative estimate of drug-likeness (QED) is 0.509. The highest BCUT2D eigenvalue weighted by Crippen LogP contribution is 2.58. The first kappa shape index (κ1) is 27.9. The van der Waals surface area contributed by atoms with Crippen LogP contribution in [0.1, 0.15) is 37.3 Å². The molecule has 5 rings (SSSR count). The zero-order chi connectivity index (χ0) is 27.4. The number of hydrogen-bond acceptors (Lipinski definition) is 4. The number of fused-ring (bicyclic) bond motifs is 1. The van der Waals surface area contributed by atoms with Crippen molar-refractivity contribution >= 4 is 11.7 Å². The van der Waals surface area contributed by atoms with Crippen molar-refractivity contribution in [1.29, 1.82) is 5.26 Å². The summed E-state index contributed by atoms with van der Waals surface area (Å²) in [5, 5.41) is 20.6. The van der Waals surface area contributed by atoms with Gasteiger partial charge in [0.15, 0.2) is 0 Å². The Morgan fingerprint density at radius 1 is 1.18 bits per heavy atom. The SMILES string of the molecule is CC1C2CCC(N(CCN3CCC(O)C3)C(=O)Nc3ccc(F)c(C(F)(F)F)c3)C12.N#Cc1ccccc1. The third-order valence-corrected chi connectivity index (χ3v) is 7.87. The Morgan fingerprint density at radius 3 is 2.47 bits per heavy atom. The summed E-state index contributed by atoms with van der Waals surface area (Å²) in [6.45, 7) is 4.53. The second-order valence-corrected chi connectivity index (χ2v) is 10.3. The number of amides is 2. The normalized spacial score (nSPS) is 26.1. The van der Waals surface area contributed by atoms with E-state index >= 15 is 0 Å². The number of β-amino-alcohol motifs (C(OH)–C–C–N with tert-alkyl or cyclic N) is 1. The van der Waals surface area contributed by atoms with E-state index in [1.807, 2.05) is 24.3 Å². The van der Waals surface area contributed by atoms with E-state index in [0.717, 1.165) is 31.5 Å². The number of alkyl halides is 3. The highest BCUT2D eigenvalue weighted by atomic mass is 19.4. The molecule has 3 fully saturated rings. The van der Waals surface area contributed by atoms with Crippen molar-refractivity contribution in [3.05, 3.63) is 65.5 Å². The van der Waals surface area contributed by atoms with Crippen molar-refractivity contribution < 1.29 is 27.5 Å². The van der Waals surface area contributed by atoms with E-state index in [0.29, 0.717) is 55.4 Å². The van der Waals surface area contributed by atoms with Gasteiger partial charge in [0.25, 0.3) is 0 Å². The van der Waals surface area contributed by atoms with Crippen molar-refractivity contribution in [2.75, 3.05) is 31.5 Å². The van der Waals surface area contributed by atoms with Crippen LogP contribution in [0.5, 0.6) is 0 Å². The summed E-state index contributed by atoms with van der Waals surface area (Å²) in [7, 11) is 0. The lowest BCUT2D eigenvalue weighted by molar-refractivity contribution is -0.139. The van der Waals surface area contributed by atoms with Gasteiger partial charge in [-0.3, -0.25) is 4.90 Å². The standard InChI is InChI=1S/C21H27F4N3O2.C7H5N/c1-12-15-3-5-18(19(12)15)28(9-8-27-7-6-14(29)11-27)20(30)26-13-2-4-17(22)16(10-13)21(23,24)25;8-6-7-4-2-1-3-5-7/h2,4,10,12,14-15,18-19,29H,3,5-9,11H2,1H3,(H,26,30);1-5H. The monoisotopic (exact) mass is 532 g/mol. The highest BCUT2D eigenvalue weighted by Gasteiger charge is 2.57. The maximum atomic E-state index is 13.6. The Balaban J connectivity index is 0.000000360. The molecule has 2 aliphatic carbocycles. The van der Waals surface area contributed by atoms with Crippen LogP contribution in [0, 0.1) is 34.9 Å². The number of aliphatic hydroxyl groups excluding tert-OH is 1. The number of urea groups is 1. The Hall–Kier alpha value is -3.16. The van der Waals surface area contributed by atoms with Gasteiger partial charge in [0.1, 0.15) is 5.82 Å². The van der Waals surface area contributed by atoms with Crippen LogP contribution in [0.3, 0.4) is 0 Å². The summed E-state index contributed by atoms with van der Waals surface area (Å²) in [5.41, 5.74) is -0.754. The number of nitrogens with one attached hydrogen (secondary N) is 1. The molecule has 1 heterocycles. The van der Waals surface area contributed by atoms with Gasteiger partial charge in [-0.2, -0.15) is 18.4 Å². The average molecular weight is 533 g/mol. The topological polar surface area (TPSA) is 79.6 Å². The fourth-order valence-corrected chi connectivity index (χ4v) is 5.80. The van der Waals surface area contributed by atoms with E-state index < -0.39 is 23.6 Å². The van der Waals surface area contributed by atoms with Gasteiger partial charge in [-0.1, -0.05) is 25.1 Å². The van der Waals surface area contributed by atoms with Crippen LogP contribution in [0.2, 0.25) is 0 Å². The number of nitrogens with zero attached hydrogens (tertiary/aromatic N) is 3. The number of hydrogen-bond donors (Lipinski definition) is 2. The first-order valence-electron chi connectivity index (χ1n) is 12.9. The maximum Gasteiger partial charge on any atom is 0.419 e. The lowest BCUT2D eigenvalue weighted by atomic mass is 10.1. The summed E-state index contributed by atoms with van der Waals surface area (Å²) >= 11 is 0. The molecule has 5 atom stereocenters. The molecule has 204 valence electrons. The predicted molar refractivity (Wildman–Crippen MR) is 135 cm³/mol. The molecular weight excluding hydrogens is 500 g/mol. The maximum absolute atomic E-state index is 13.6. The second-order valence-electron chi connectivity index (χ2n) is 10.3. The van der Waals surface area contributed by atoms with E-state index in [9.17, 15) is 27.5 Å². The van der Waals surface area contributed by atoms with E-state index in [1.54, 1.807) is 17.0 Å². The molecule has 0 radical (unpaired) electrons. The van der Waals surface area contributed by atoms with Gasteiger partial charge < -0.3 is 15.3 Å². The average Bonchev–Trinajstić information content (AvgIpc) is 3.19. The molecule has 2 N–H and O–H groups in total. The lowest BCUT2D eigenvalue weighted by Crippen LogP contribution is -2.47. The number of likely N-dealkylation sites (tertiary alicyclic amines) is 1. The summed E-state index contributed by atoms with van der Waals surface area (Å²) < 4.78 is 52.6. The summed E-state index contributed by atoms with van der Waals surface area (Å²) in [4.78, 5) is 16.9. The number of rotatable bonds is 5. The van der Waals surface area contributed by atoms with E-state index in [2.05, 4.69) is 17.1 Å². The van der Waals surface area contributed by atoms with Crippen LogP contribution in [-0.4, -0.2) is 59.3 Å². The van der Waals surface area contributed by atoms with Crippen molar-refractivity contribution in [2.24, 2.45) is 17.8 Å². The number of halogens is 4. The predicted octanol–water partition coefficient (Wildman–Crippen LogP) is 5.35. The van der Waals surface area contributed by atoms with Crippen LogP contribution >= 0.6 is 0 Å². The van der Waals surface area contributed by atoms with E-state index in [1.165, 1.54) is 0 Å². The van der Waals surface area contributed by atoms with Gasteiger partial charge in [0.05, 0.1) is 23.3 Å². The first-order valence-corrected chi connectivity index (χ1v) is 12.9. The van der Waals surface area contributed by atoms with Crippen molar-refractivity contribution in [1.82, 2.24) is 9.80 Å². The molecule has 1 aliphatic heterocycles. The first-order chi connectivity index (χ1) is 18.1. The van der Waals surface area contributed by atoms with Crippen LogP contribution in [0.25, 0.3) is 0 Å². The number of benzene rings is 2. The zero-order valence-electron chi connectivity index (χ0n) is 21.2. The Kier molecular flexibility index (Phi) is 8.58. The highest BCUT2D eigenvalue weighted by molar-refractivity contribution is 5.89. The summed E-state index contributed by atoms with van der Waals surface area (Å²) in [6.07, 6.45) is -2.55. The van der Waals surface area contributed by atoms with Gasteiger partial charge >= 0.3 is 12.2 Å². The second kappa shape index (κ2) is 11.7. The van der Waals surface area contributed by atoms with Crippen LogP contribution in [0.4, 0.5) is 28.0 Å². The summed E-state index contributed by atoms with van der Waals surface area (Å²) in [5.74, 6) is 0.228. The third-order valence-electron chi connectivity index (χ3n) is 7.87. The Bertz CT molecular complexity index is 1150. The van der Waals surface area contributed by atoms with Gasteiger partial charge in [-0.15, -0.1) is 0 Å². The van der Waals surface area contributed by atoms with Crippen molar-refractivity contribution in [3.63, 3.8) is 0 Å². The molecular formula is C28H32F4N4O2. The molecule has 38 heavy (non-hydrogen) atoms. The number of anilines is 1. The molecule has 6 nitrogen and oxygen atoms in total. The molecule has 5 unspecified atom stereocenters. The minimum Gasteiger partial charge on any atom is -0.392 e. The van der Waals surface area contributed by atoms with Gasteiger partial charge in [0.2, 0.25) is 0 Å². The lowest BCUT2D eigenvalue weighted by Gasteiger charge is -2.32. The largest absolute Gasteiger partial charge is 0.419 e. The van der Waals surface area contributed by atoms with Crippen LogP contribution in [0.15, 0.2) is 48.5 Å². The smallest absolute Gasteiger partial charge is 0.392 e. The number of aliphatic hydroxyl groups is 1. The van der Waals surface area contributed by atoms with Crippen molar-refractivity contribution in [3.8, 4) is 6.07 Å². The molecule has 1 saturated heterocycles. The van der Waals surface area contributed by atoms with Gasteiger partial charge in [-0.05, 0) is 67.3 Å². The molecule has 0 aromatic heterocycles. The van der Waals surface area contributed by atoms with E-state index in [-0.39, 0.29) is 17.8 Å². The fraction of sp³-hybridized carbons (Fsp3) is 0.500. The number of carbonyl (C=O) groups is 1. The van der Waals surface area contributed by atoms with Crippen molar-refractivity contribution in [2.45, 2.75) is 44.5 Å². The molecule has 10 heteroatoms. The van der Waals surface area contributed by atoms with Crippen LogP contribution in [-0.2, 0) is 6.18 Å². The molecule has 3 aliphatic rings. The molecule has 0 bridgehead atoms. The number of nitriles is 1. The Morgan fingerprint density at radius 2 is 1.92 bits per heavy atom. The van der Waals surface area contributed by atoms with E-state index in [4.69, 9.17) is 5.26 Å². The van der Waals surface area contributed by atoms with Gasteiger partial charge in [0, 0.05) is 37.9 Å². The summed E-state index contributed by atoms with van der Waals surface area (Å²) in [6, 6.07) is 13.3. The van der Waals surface area contributed by atoms with Crippen LogP contribution < -0.4 is 5.32 Å². The Labute approximate surface area is 219 Å².